The molecule has 2 amide bonds. The Morgan fingerprint density at radius 1 is 1.18 bits per heavy atom. The van der Waals surface area contributed by atoms with E-state index < -0.39 is 28.1 Å². The number of sulfonamides is 1. The molecule has 44 heavy (non-hydrogen) atoms. The van der Waals surface area contributed by atoms with Crippen molar-refractivity contribution in [1.82, 2.24) is 14.2 Å². The molecule has 0 radical (unpaired) electrons. The molecule has 0 spiro atoms. The number of nitrogens with zero attached hydrogens (tertiary/aromatic N) is 3. The number of rotatable bonds is 9. The largest absolute Gasteiger partial charge is 0.497 e. The number of aliphatic hydroxyl groups excluding tert-OH is 1. The molecule has 0 saturated heterocycles. The van der Waals surface area contributed by atoms with E-state index in [1.807, 2.05) is 31.2 Å². The third kappa shape index (κ3) is 6.27. The highest BCUT2D eigenvalue weighted by atomic mass is 32.2. The average molecular weight is 639 g/mol. The molecule has 1 aliphatic rings. The van der Waals surface area contributed by atoms with Crippen LogP contribution in [0.2, 0.25) is 0 Å². The summed E-state index contributed by atoms with van der Waals surface area (Å²) in [7, 11) is -0.938. The quantitative estimate of drug-likeness (QED) is 0.280. The lowest BCUT2D eigenvalue weighted by Crippen LogP contribution is -2.50. The predicted octanol–water partition coefficient (Wildman–Crippen LogP) is 4.10. The van der Waals surface area contributed by atoms with Crippen molar-refractivity contribution >= 4 is 49.1 Å². The number of benzene rings is 3. The van der Waals surface area contributed by atoms with Gasteiger partial charge in [-0.05, 0) is 55.5 Å². The Kier molecular flexibility index (Phi) is 9.20. The molecule has 2 N–H and O–H groups in total. The molecule has 1 aliphatic heterocycles. The van der Waals surface area contributed by atoms with Gasteiger partial charge in [-0.1, -0.05) is 25.1 Å². The first-order chi connectivity index (χ1) is 21.0. The number of amides is 2. The Balaban J connectivity index is 1.50. The molecule has 0 bridgehead atoms. The van der Waals surface area contributed by atoms with Crippen molar-refractivity contribution in [1.29, 1.82) is 0 Å². The van der Waals surface area contributed by atoms with Crippen molar-refractivity contribution in [3.05, 3.63) is 77.3 Å². The zero-order valence-corrected chi connectivity index (χ0v) is 26.4. The Hall–Kier alpha value is -4.04. The van der Waals surface area contributed by atoms with E-state index >= 15 is 0 Å². The smallest absolute Gasteiger partial charge is 0.284 e. The number of carbonyl (C=O) groups is 2. The maximum atomic E-state index is 13.8. The molecular weight excluding hydrogens is 604 g/mol. The summed E-state index contributed by atoms with van der Waals surface area (Å²) in [4.78, 5) is 33.2. The summed E-state index contributed by atoms with van der Waals surface area (Å²) in [6.07, 6.45) is -0.728. The van der Waals surface area contributed by atoms with E-state index in [4.69, 9.17) is 9.47 Å². The molecule has 4 aromatic rings. The van der Waals surface area contributed by atoms with Crippen LogP contribution < -0.4 is 14.8 Å². The van der Waals surface area contributed by atoms with Gasteiger partial charge in [0.25, 0.3) is 11.8 Å². The number of thiazole rings is 1. The minimum absolute atomic E-state index is 0.0509. The minimum Gasteiger partial charge on any atom is -0.497 e. The van der Waals surface area contributed by atoms with Gasteiger partial charge in [0.15, 0.2) is 10.8 Å². The molecule has 0 saturated carbocycles. The van der Waals surface area contributed by atoms with E-state index in [1.165, 1.54) is 41.9 Å². The van der Waals surface area contributed by atoms with Gasteiger partial charge in [0.2, 0.25) is 10.0 Å². The number of carbonyl (C=O) groups excluding carboxylic acids is 2. The fourth-order valence-electron chi connectivity index (χ4n) is 4.98. The van der Waals surface area contributed by atoms with E-state index in [0.717, 1.165) is 4.70 Å². The van der Waals surface area contributed by atoms with Crippen LogP contribution in [0.5, 0.6) is 11.5 Å². The Morgan fingerprint density at radius 3 is 2.59 bits per heavy atom. The zero-order chi connectivity index (χ0) is 31.6. The lowest BCUT2D eigenvalue weighted by Gasteiger charge is -2.38. The molecule has 0 fully saturated rings. The lowest BCUT2D eigenvalue weighted by molar-refractivity contribution is 0.0388. The first-order valence-corrected chi connectivity index (χ1v) is 16.3. The van der Waals surface area contributed by atoms with Crippen molar-refractivity contribution in [2.45, 2.75) is 30.9 Å². The van der Waals surface area contributed by atoms with Crippen molar-refractivity contribution in [2.24, 2.45) is 5.92 Å². The van der Waals surface area contributed by atoms with Gasteiger partial charge in [-0.15, -0.1) is 11.3 Å². The van der Waals surface area contributed by atoms with Gasteiger partial charge in [-0.2, -0.15) is 4.31 Å². The molecule has 0 unspecified atom stereocenters. The number of methoxy groups -OCH3 is 1. The number of anilines is 1. The number of hydrogen-bond acceptors (Lipinski definition) is 9. The summed E-state index contributed by atoms with van der Waals surface area (Å²) >= 11 is 1.24. The van der Waals surface area contributed by atoms with Crippen molar-refractivity contribution in [2.75, 3.05) is 39.2 Å². The predicted molar refractivity (Wildman–Crippen MR) is 168 cm³/mol. The fourth-order valence-corrected chi connectivity index (χ4v) is 7.03. The summed E-state index contributed by atoms with van der Waals surface area (Å²) in [5.74, 6) is -0.552. The summed E-state index contributed by atoms with van der Waals surface area (Å²) in [5, 5.41) is 13.0. The topological polar surface area (TPSA) is 138 Å². The van der Waals surface area contributed by atoms with Gasteiger partial charge in [0.1, 0.15) is 11.9 Å². The molecule has 2 heterocycles. The SMILES string of the molecule is COc1ccc(S(=O)(=O)N(C)C[C@@H]2Oc3c(NC(=O)c4nc5ccccc5s4)cccc3C(=O)N([C@@H](C)CO)C[C@@H]2C)cc1. The molecule has 0 aliphatic carbocycles. The number of hydrogen-bond donors (Lipinski definition) is 2. The standard InChI is InChI=1S/C31H34N4O7S2/c1-19-16-35(20(2)18-36)31(38)23-8-7-10-25(32-29(37)30-33-24-9-5-6-11-27(24)43-30)28(23)42-26(19)17-34(3)44(39,40)22-14-12-21(41-4)13-15-22/h5-15,19-20,26,36H,16-18H2,1-4H3,(H,32,37)/t19-,20-,26-/m0/s1. The second-order valence-electron chi connectivity index (χ2n) is 10.7. The van der Waals surface area contributed by atoms with Crippen LogP contribution in [0.3, 0.4) is 0 Å². The first-order valence-electron chi connectivity index (χ1n) is 14.0. The van der Waals surface area contributed by atoms with E-state index in [-0.39, 0.29) is 58.4 Å². The number of aliphatic hydroxyl groups is 1. The van der Waals surface area contributed by atoms with Crippen LogP contribution in [-0.2, 0) is 10.0 Å². The molecule has 5 rings (SSSR count). The second-order valence-corrected chi connectivity index (χ2v) is 13.8. The van der Waals surface area contributed by atoms with E-state index in [1.54, 1.807) is 42.2 Å². The number of para-hydroxylation sites is 2. The van der Waals surface area contributed by atoms with Crippen molar-refractivity contribution < 1.29 is 32.6 Å². The third-order valence-electron chi connectivity index (χ3n) is 7.63. The van der Waals surface area contributed by atoms with Crippen LogP contribution >= 0.6 is 11.3 Å². The van der Waals surface area contributed by atoms with Gasteiger partial charge in [-0.3, -0.25) is 9.59 Å². The number of fused-ring (bicyclic) bond motifs is 2. The average Bonchev–Trinajstić information content (AvgIpc) is 3.47. The Bertz CT molecular complexity index is 1740. The van der Waals surface area contributed by atoms with Gasteiger partial charge in [0.05, 0.1) is 52.7 Å². The molecule has 13 heteroatoms. The summed E-state index contributed by atoms with van der Waals surface area (Å²) < 4.78 is 40.7. The van der Waals surface area contributed by atoms with Crippen molar-refractivity contribution in [3.63, 3.8) is 0 Å². The van der Waals surface area contributed by atoms with Gasteiger partial charge in [-0.25, -0.2) is 13.4 Å². The van der Waals surface area contributed by atoms with Crippen LogP contribution in [0.15, 0.2) is 71.6 Å². The molecular formula is C31H34N4O7S2. The molecule has 1 aromatic heterocycles. The highest BCUT2D eigenvalue weighted by Gasteiger charge is 2.36. The summed E-state index contributed by atoms with van der Waals surface area (Å²) in [5.41, 5.74) is 1.13. The number of likely N-dealkylation sites (N-methyl/N-ethyl adjacent to an activating group) is 1. The van der Waals surface area contributed by atoms with Crippen molar-refractivity contribution in [3.8, 4) is 11.5 Å². The van der Waals surface area contributed by atoms with E-state index in [2.05, 4.69) is 10.3 Å². The number of aromatic nitrogens is 1. The second kappa shape index (κ2) is 12.9. The third-order valence-corrected chi connectivity index (χ3v) is 10.5. The molecule has 232 valence electrons. The monoisotopic (exact) mass is 638 g/mol. The highest BCUT2D eigenvalue weighted by Crippen LogP contribution is 2.36. The van der Waals surface area contributed by atoms with Crippen LogP contribution in [0.4, 0.5) is 5.69 Å². The molecule has 11 nitrogen and oxygen atoms in total. The normalized spacial score (nSPS) is 17.9. The van der Waals surface area contributed by atoms with E-state index in [9.17, 15) is 23.1 Å². The highest BCUT2D eigenvalue weighted by molar-refractivity contribution is 7.89. The Labute approximate surface area is 260 Å². The lowest BCUT2D eigenvalue weighted by atomic mass is 9.99. The Morgan fingerprint density at radius 2 is 1.91 bits per heavy atom. The van der Waals surface area contributed by atoms with Gasteiger partial charge >= 0.3 is 0 Å². The fraction of sp³-hybridized carbons (Fsp3) is 0.323. The van der Waals surface area contributed by atoms with Gasteiger partial charge < -0.3 is 24.8 Å². The first kappa shape index (κ1) is 31.4. The maximum Gasteiger partial charge on any atom is 0.284 e. The minimum atomic E-state index is -3.91. The summed E-state index contributed by atoms with van der Waals surface area (Å²) in [6, 6.07) is 17.8. The summed E-state index contributed by atoms with van der Waals surface area (Å²) in [6.45, 7) is 3.49. The molecule has 3 atom stereocenters. The van der Waals surface area contributed by atoms with Crippen LogP contribution in [-0.4, -0.2) is 85.5 Å². The van der Waals surface area contributed by atoms with Crippen LogP contribution in [0.25, 0.3) is 10.2 Å². The van der Waals surface area contributed by atoms with Gasteiger partial charge in [0, 0.05) is 19.5 Å². The zero-order valence-electron chi connectivity index (χ0n) is 24.8. The van der Waals surface area contributed by atoms with Crippen LogP contribution in [0, 0.1) is 5.92 Å². The number of nitrogens with one attached hydrogen (secondary N) is 1. The molecule has 3 aromatic carbocycles. The number of ether oxygens (including phenoxy) is 2. The van der Waals surface area contributed by atoms with Crippen LogP contribution in [0.1, 0.15) is 34.0 Å². The maximum absolute atomic E-state index is 13.8. The van der Waals surface area contributed by atoms with E-state index in [0.29, 0.717) is 11.3 Å².